The first-order valence-corrected chi connectivity index (χ1v) is 9.86. The summed E-state index contributed by atoms with van der Waals surface area (Å²) in [7, 11) is 0. The zero-order valence-electron chi connectivity index (χ0n) is 15.6. The van der Waals surface area contributed by atoms with Crippen LogP contribution in [0.15, 0.2) is 65.8 Å². The van der Waals surface area contributed by atoms with Crippen LogP contribution in [0.3, 0.4) is 0 Å². The van der Waals surface area contributed by atoms with Gasteiger partial charge in [0.2, 0.25) is 11.1 Å². The Morgan fingerprint density at radius 3 is 2.64 bits per heavy atom. The number of amides is 1. The molecule has 0 aliphatic rings. The topological polar surface area (TPSA) is 72.2 Å². The van der Waals surface area contributed by atoms with E-state index >= 15 is 0 Å². The molecule has 1 amide bonds. The van der Waals surface area contributed by atoms with Gasteiger partial charge in [-0.3, -0.25) is 4.79 Å². The number of anilines is 1. The third-order valence-electron chi connectivity index (χ3n) is 4.29. The van der Waals surface area contributed by atoms with Crippen LogP contribution in [-0.2, 0) is 4.79 Å². The Morgan fingerprint density at radius 1 is 1.04 bits per heavy atom. The van der Waals surface area contributed by atoms with Crippen molar-refractivity contribution in [3.63, 3.8) is 0 Å². The molecule has 0 aliphatic carbocycles. The van der Waals surface area contributed by atoms with Crippen LogP contribution in [-0.4, -0.2) is 31.5 Å². The number of thioether (sulfide) groups is 1. The number of aromatic nitrogens is 4. The first-order valence-electron chi connectivity index (χ1n) is 8.88. The maximum absolute atomic E-state index is 12.4. The summed E-state index contributed by atoms with van der Waals surface area (Å²) in [6.45, 7) is 4.01. The molecule has 6 nitrogen and oxygen atoms in total. The van der Waals surface area contributed by atoms with E-state index in [-0.39, 0.29) is 11.7 Å². The molecule has 4 aromatic rings. The summed E-state index contributed by atoms with van der Waals surface area (Å²) in [6.07, 6.45) is 0. The number of nitrogens with zero attached hydrogens (tertiary/aromatic N) is 4. The second kappa shape index (κ2) is 7.82. The lowest BCUT2D eigenvalue weighted by Crippen LogP contribution is -2.15. The lowest BCUT2D eigenvalue weighted by Gasteiger charge is -2.08. The Balaban J connectivity index is 1.49. The predicted molar refractivity (Wildman–Crippen MR) is 111 cm³/mol. The molecule has 4 rings (SSSR count). The monoisotopic (exact) mass is 389 g/mol. The first kappa shape index (κ1) is 18.2. The maximum Gasteiger partial charge on any atom is 0.234 e. The van der Waals surface area contributed by atoms with E-state index < -0.39 is 0 Å². The Bertz CT molecular complexity index is 1140. The van der Waals surface area contributed by atoms with Gasteiger partial charge < -0.3 is 5.32 Å². The van der Waals surface area contributed by atoms with Gasteiger partial charge in [0.05, 0.1) is 11.4 Å². The van der Waals surface area contributed by atoms with E-state index in [1.54, 1.807) is 4.52 Å². The highest BCUT2D eigenvalue weighted by molar-refractivity contribution is 7.99. The van der Waals surface area contributed by atoms with Gasteiger partial charge in [-0.1, -0.05) is 59.8 Å². The largest absolute Gasteiger partial charge is 0.325 e. The molecule has 1 N–H and O–H groups in total. The van der Waals surface area contributed by atoms with Crippen molar-refractivity contribution < 1.29 is 4.79 Å². The molecule has 2 aromatic carbocycles. The zero-order valence-corrected chi connectivity index (χ0v) is 16.4. The normalized spacial score (nSPS) is 10.9. The van der Waals surface area contributed by atoms with Crippen molar-refractivity contribution in [2.75, 3.05) is 11.1 Å². The van der Waals surface area contributed by atoms with Gasteiger partial charge in [0, 0.05) is 11.3 Å². The van der Waals surface area contributed by atoms with Crippen LogP contribution in [0.25, 0.3) is 16.9 Å². The second-order valence-electron chi connectivity index (χ2n) is 6.49. The lowest BCUT2D eigenvalue weighted by atomic mass is 10.1. The quantitative estimate of drug-likeness (QED) is 0.520. The van der Waals surface area contributed by atoms with Gasteiger partial charge in [-0.15, -0.1) is 10.2 Å². The van der Waals surface area contributed by atoms with E-state index in [2.05, 4.69) is 20.6 Å². The number of carbonyl (C=O) groups excluding carboxylic acids is 1. The smallest absolute Gasteiger partial charge is 0.234 e. The molecule has 0 atom stereocenters. The molecule has 0 fully saturated rings. The number of hydrogen-bond donors (Lipinski definition) is 1. The van der Waals surface area contributed by atoms with Crippen molar-refractivity contribution in [2.45, 2.75) is 19.0 Å². The molecule has 2 heterocycles. The highest BCUT2D eigenvalue weighted by Gasteiger charge is 2.12. The average molecular weight is 389 g/mol. The van der Waals surface area contributed by atoms with E-state index in [1.165, 1.54) is 17.3 Å². The molecule has 140 valence electrons. The fourth-order valence-corrected chi connectivity index (χ4v) is 3.58. The molecule has 0 saturated heterocycles. The number of hydrogen-bond acceptors (Lipinski definition) is 5. The lowest BCUT2D eigenvalue weighted by molar-refractivity contribution is -0.113. The third-order valence-corrected chi connectivity index (χ3v) is 5.21. The van der Waals surface area contributed by atoms with Crippen molar-refractivity contribution >= 4 is 29.0 Å². The molecule has 2 aromatic heterocycles. The average Bonchev–Trinajstić information content (AvgIpc) is 3.11. The summed E-state index contributed by atoms with van der Waals surface area (Å²) < 4.78 is 1.68. The molecule has 0 bridgehead atoms. The Labute approximate surface area is 167 Å². The Morgan fingerprint density at radius 2 is 1.86 bits per heavy atom. The van der Waals surface area contributed by atoms with Crippen LogP contribution in [0.5, 0.6) is 0 Å². The molecular formula is C21H19N5OS. The molecule has 0 saturated carbocycles. The highest BCUT2D eigenvalue weighted by Crippen LogP contribution is 2.21. The minimum Gasteiger partial charge on any atom is -0.325 e. The van der Waals surface area contributed by atoms with Crippen LogP contribution < -0.4 is 5.32 Å². The number of fused-ring (bicyclic) bond motifs is 1. The van der Waals surface area contributed by atoms with Gasteiger partial charge in [0.15, 0.2) is 5.65 Å². The summed E-state index contributed by atoms with van der Waals surface area (Å²) in [5.74, 6) is 0.138. The van der Waals surface area contributed by atoms with Crippen LogP contribution >= 0.6 is 11.8 Å². The van der Waals surface area contributed by atoms with E-state index in [1.807, 2.05) is 74.5 Å². The van der Waals surface area contributed by atoms with E-state index in [9.17, 15) is 4.79 Å². The molecule has 0 unspecified atom stereocenters. The second-order valence-corrected chi connectivity index (χ2v) is 7.43. The minimum absolute atomic E-state index is 0.0899. The van der Waals surface area contributed by atoms with Crippen molar-refractivity contribution in [2.24, 2.45) is 0 Å². The number of nitrogens with one attached hydrogen (secondary N) is 1. The fraction of sp³-hybridized carbons (Fsp3) is 0.143. The molecule has 0 radical (unpaired) electrons. The van der Waals surface area contributed by atoms with Gasteiger partial charge in [-0.25, -0.2) is 0 Å². The SMILES string of the molecule is Cc1ccc(NC(=O)CSc2nnc3ccc(-c4ccccc4)nn23)c(C)c1. The summed E-state index contributed by atoms with van der Waals surface area (Å²) in [5, 5.41) is 16.5. The predicted octanol–water partition coefficient (Wildman–Crippen LogP) is 4.14. The van der Waals surface area contributed by atoms with Crippen molar-refractivity contribution in [3.05, 3.63) is 71.8 Å². The van der Waals surface area contributed by atoms with Gasteiger partial charge in [0.25, 0.3) is 0 Å². The van der Waals surface area contributed by atoms with Gasteiger partial charge in [-0.05, 0) is 37.6 Å². The number of rotatable bonds is 5. The molecule has 7 heteroatoms. The third kappa shape index (κ3) is 3.89. The van der Waals surface area contributed by atoms with Gasteiger partial charge >= 0.3 is 0 Å². The van der Waals surface area contributed by atoms with Crippen LogP contribution in [0.4, 0.5) is 5.69 Å². The summed E-state index contributed by atoms with van der Waals surface area (Å²) >= 11 is 1.31. The maximum atomic E-state index is 12.4. The number of benzene rings is 2. The van der Waals surface area contributed by atoms with Gasteiger partial charge in [0.1, 0.15) is 0 Å². The van der Waals surface area contributed by atoms with Crippen molar-refractivity contribution in [1.82, 2.24) is 19.8 Å². The Kier molecular flexibility index (Phi) is 5.08. The number of carbonyl (C=O) groups is 1. The van der Waals surface area contributed by atoms with Crippen molar-refractivity contribution in [1.29, 1.82) is 0 Å². The summed E-state index contributed by atoms with van der Waals surface area (Å²) in [4.78, 5) is 12.4. The molecule has 0 aliphatic heterocycles. The van der Waals surface area contributed by atoms with Gasteiger partial charge in [-0.2, -0.15) is 9.61 Å². The summed E-state index contributed by atoms with van der Waals surface area (Å²) in [6, 6.07) is 19.7. The van der Waals surface area contributed by atoms with E-state index in [4.69, 9.17) is 0 Å². The van der Waals surface area contributed by atoms with Crippen LogP contribution in [0, 0.1) is 13.8 Å². The van der Waals surface area contributed by atoms with Crippen LogP contribution in [0.2, 0.25) is 0 Å². The minimum atomic E-state index is -0.0899. The molecule has 28 heavy (non-hydrogen) atoms. The Hall–Kier alpha value is -3.19. The molecular weight excluding hydrogens is 370 g/mol. The molecule has 0 spiro atoms. The fourth-order valence-electron chi connectivity index (χ4n) is 2.89. The standard InChI is InChI=1S/C21H19N5OS/c1-14-8-9-17(15(2)12-14)22-20(27)13-28-21-24-23-19-11-10-18(25-26(19)21)16-6-4-3-5-7-16/h3-12H,13H2,1-2H3,(H,22,27). The van der Waals surface area contributed by atoms with E-state index in [0.717, 1.165) is 22.5 Å². The van der Waals surface area contributed by atoms with E-state index in [0.29, 0.717) is 10.8 Å². The van der Waals surface area contributed by atoms with Crippen molar-refractivity contribution in [3.8, 4) is 11.3 Å². The highest BCUT2D eigenvalue weighted by atomic mass is 32.2. The number of aryl methyl sites for hydroxylation is 2. The van der Waals surface area contributed by atoms with Crippen LogP contribution in [0.1, 0.15) is 11.1 Å². The zero-order chi connectivity index (χ0) is 19.5. The summed E-state index contributed by atoms with van der Waals surface area (Å²) in [5.41, 5.74) is 5.53. The first-order chi connectivity index (χ1) is 13.6.